The molecule has 7 aromatic carbocycles. The fourth-order valence-corrected chi connectivity index (χ4v) is 8.35. The van der Waals surface area contributed by atoms with E-state index in [1.807, 2.05) is 17.4 Å². The van der Waals surface area contributed by atoms with Crippen molar-refractivity contribution >= 4 is 70.8 Å². The van der Waals surface area contributed by atoms with Crippen molar-refractivity contribution in [3.05, 3.63) is 174 Å². The van der Waals surface area contributed by atoms with Crippen molar-refractivity contribution in [3.8, 4) is 11.1 Å². The maximum atomic E-state index is 6.71. The van der Waals surface area contributed by atoms with Gasteiger partial charge in [-0.3, -0.25) is 0 Å². The summed E-state index contributed by atoms with van der Waals surface area (Å²) in [7, 11) is 0. The highest BCUT2D eigenvalue weighted by Crippen LogP contribution is 2.50. The molecule has 10 rings (SSSR count). The van der Waals surface area contributed by atoms with Crippen LogP contribution in [0.3, 0.4) is 0 Å². The van der Waals surface area contributed by atoms with Gasteiger partial charge in [0.25, 0.3) is 0 Å². The van der Waals surface area contributed by atoms with Gasteiger partial charge >= 0.3 is 0 Å². The molecular weight excluding hydrogens is 593 g/mol. The molecule has 0 radical (unpaired) electrons. The van der Waals surface area contributed by atoms with Gasteiger partial charge in [0.05, 0.1) is 5.70 Å². The lowest BCUT2D eigenvalue weighted by Gasteiger charge is -2.27. The van der Waals surface area contributed by atoms with Crippen molar-refractivity contribution in [2.24, 2.45) is 0 Å². The Morgan fingerprint density at radius 2 is 1.28 bits per heavy atom. The summed E-state index contributed by atoms with van der Waals surface area (Å²) in [6.07, 6.45) is -0.221. The lowest BCUT2D eigenvalue weighted by atomic mass is 10.0. The molecule has 1 aliphatic heterocycles. The van der Waals surface area contributed by atoms with E-state index in [0.29, 0.717) is 0 Å². The largest absolute Gasteiger partial charge is 0.464 e. The van der Waals surface area contributed by atoms with E-state index in [9.17, 15) is 0 Å². The molecule has 1 N–H and O–H groups in total. The summed E-state index contributed by atoms with van der Waals surface area (Å²) in [6.45, 7) is 0. The van der Waals surface area contributed by atoms with E-state index in [1.165, 1.54) is 47.6 Å². The lowest BCUT2D eigenvalue weighted by Crippen LogP contribution is -2.15. The normalized spacial score (nSPS) is 14.9. The summed E-state index contributed by atoms with van der Waals surface area (Å²) in [5.74, 6) is 0.921. The number of hydrogen-bond acceptors (Lipinski definition) is 4. The molecule has 1 atom stereocenters. The zero-order chi connectivity index (χ0) is 30.9. The quantitative estimate of drug-likeness (QED) is 0.207. The van der Waals surface area contributed by atoms with Crippen LogP contribution in [0.2, 0.25) is 0 Å². The van der Waals surface area contributed by atoms with Crippen LogP contribution in [0.4, 0.5) is 17.1 Å². The smallest absolute Gasteiger partial charge is 0.196 e. The number of fused-ring (bicyclic) bond motifs is 5. The predicted molar refractivity (Wildman–Crippen MR) is 197 cm³/mol. The van der Waals surface area contributed by atoms with E-state index in [0.717, 1.165) is 39.6 Å². The van der Waals surface area contributed by atoms with Gasteiger partial charge in [-0.15, -0.1) is 11.3 Å². The maximum Gasteiger partial charge on any atom is 0.196 e. The molecule has 1 aromatic heterocycles. The van der Waals surface area contributed by atoms with Gasteiger partial charge in [-0.2, -0.15) is 0 Å². The second kappa shape index (κ2) is 10.3. The third-order valence-electron chi connectivity index (χ3n) is 9.40. The van der Waals surface area contributed by atoms with Crippen molar-refractivity contribution in [2.45, 2.75) is 6.23 Å². The third kappa shape index (κ3) is 4.19. The summed E-state index contributed by atoms with van der Waals surface area (Å²) < 4.78 is 9.31. The summed E-state index contributed by atoms with van der Waals surface area (Å²) in [5, 5.41) is 8.69. The molecule has 0 fully saturated rings. The van der Waals surface area contributed by atoms with Crippen LogP contribution in [-0.2, 0) is 4.74 Å². The minimum atomic E-state index is -0.221. The van der Waals surface area contributed by atoms with Crippen molar-refractivity contribution in [2.75, 3.05) is 4.90 Å². The molecule has 1 unspecified atom stereocenters. The van der Waals surface area contributed by atoms with E-state index >= 15 is 0 Å². The average molecular weight is 621 g/mol. The fourth-order valence-electron chi connectivity index (χ4n) is 7.26. The first-order chi connectivity index (χ1) is 23.3. The van der Waals surface area contributed by atoms with Crippen LogP contribution >= 0.6 is 11.3 Å². The van der Waals surface area contributed by atoms with E-state index in [1.54, 1.807) is 0 Å². The lowest BCUT2D eigenvalue weighted by molar-refractivity contribution is 0.175. The Hall–Kier alpha value is -5.84. The highest BCUT2D eigenvalue weighted by molar-refractivity contribution is 7.25. The number of nitrogens with zero attached hydrogens (tertiary/aromatic N) is 1. The Morgan fingerprint density at radius 3 is 2.17 bits per heavy atom. The topological polar surface area (TPSA) is 24.5 Å². The number of rotatable bonds is 5. The molecule has 3 nitrogen and oxygen atoms in total. The van der Waals surface area contributed by atoms with Crippen LogP contribution < -0.4 is 10.2 Å². The Bertz CT molecular complexity index is 2530. The molecule has 1 aliphatic carbocycles. The van der Waals surface area contributed by atoms with Crippen LogP contribution in [-0.4, -0.2) is 0 Å². The van der Waals surface area contributed by atoms with E-state index in [2.05, 4.69) is 162 Å². The summed E-state index contributed by atoms with van der Waals surface area (Å²) in [4.78, 5) is 2.40. The van der Waals surface area contributed by atoms with Crippen LogP contribution in [0, 0.1) is 0 Å². The molecule has 4 heteroatoms. The minimum Gasteiger partial charge on any atom is -0.464 e. The number of hydrogen-bond donors (Lipinski definition) is 1. The van der Waals surface area contributed by atoms with E-state index < -0.39 is 0 Å². The zero-order valence-electron chi connectivity index (χ0n) is 25.4. The molecule has 222 valence electrons. The third-order valence-corrected chi connectivity index (χ3v) is 10.6. The van der Waals surface area contributed by atoms with Gasteiger partial charge in [0.1, 0.15) is 0 Å². The van der Waals surface area contributed by atoms with Crippen LogP contribution in [0.5, 0.6) is 0 Å². The second-order valence-electron chi connectivity index (χ2n) is 12.2. The Morgan fingerprint density at radius 1 is 0.532 bits per heavy atom. The molecule has 47 heavy (non-hydrogen) atoms. The van der Waals surface area contributed by atoms with Crippen molar-refractivity contribution in [3.63, 3.8) is 0 Å². The molecule has 2 aliphatic rings. The van der Waals surface area contributed by atoms with Crippen molar-refractivity contribution in [1.82, 2.24) is 5.32 Å². The minimum absolute atomic E-state index is 0.221. The summed E-state index contributed by atoms with van der Waals surface area (Å²) >= 11 is 1.85. The van der Waals surface area contributed by atoms with Gasteiger partial charge in [-0.05, 0) is 65.0 Å². The van der Waals surface area contributed by atoms with Gasteiger partial charge in [0.15, 0.2) is 12.0 Å². The van der Waals surface area contributed by atoms with E-state index in [-0.39, 0.29) is 6.23 Å². The average Bonchev–Trinajstić information content (AvgIpc) is 3.82. The fraction of sp³-hybridized carbons (Fsp3) is 0.0233. The van der Waals surface area contributed by atoms with Crippen LogP contribution in [0.1, 0.15) is 22.9 Å². The highest BCUT2D eigenvalue weighted by Gasteiger charge is 2.35. The first-order valence-electron chi connectivity index (χ1n) is 16.0. The van der Waals surface area contributed by atoms with Crippen molar-refractivity contribution < 1.29 is 4.74 Å². The van der Waals surface area contributed by atoms with Gasteiger partial charge in [-0.25, -0.2) is 0 Å². The van der Waals surface area contributed by atoms with Crippen LogP contribution in [0.15, 0.2) is 158 Å². The first-order valence-corrected chi connectivity index (χ1v) is 16.8. The number of nitrogens with one attached hydrogen (secondary N) is 1. The molecular formula is C43H28N2OS. The Labute approximate surface area is 276 Å². The molecule has 0 bridgehead atoms. The van der Waals surface area contributed by atoms with Gasteiger partial charge in [0.2, 0.25) is 0 Å². The highest BCUT2D eigenvalue weighted by atomic mass is 32.1. The molecule has 0 spiro atoms. The summed E-state index contributed by atoms with van der Waals surface area (Å²) in [5.41, 5.74) is 10.2. The maximum absolute atomic E-state index is 6.71. The first kappa shape index (κ1) is 26.4. The molecule has 0 amide bonds. The standard InChI is InChI=1S/C43H28N2OS/c1-3-11-27(12-4-1)29-15-9-17-31(23-29)45(32-21-22-39-36(25-32)34-18-7-8-20-38(34)47-39)33-24-30-16-10-19-35-40(30)37(26-33)42-41(35)44-43(46-42)28-13-5-2-6-14-28/h1-26,43-44H. The van der Waals surface area contributed by atoms with Gasteiger partial charge in [0, 0.05) is 59.3 Å². The van der Waals surface area contributed by atoms with Crippen LogP contribution in [0.25, 0.3) is 53.5 Å². The molecule has 8 aromatic rings. The number of ether oxygens (including phenoxy) is 1. The zero-order valence-corrected chi connectivity index (χ0v) is 26.2. The molecule has 0 saturated heterocycles. The number of benzene rings is 7. The monoisotopic (exact) mass is 620 g/mol. The SMILES string of the molecule is c1ccc(-c2cccc(N(c3cc4c5c(cccc5c3)C3=C4OC(c4ccccc4)N3)c3ccc4sc5ccccc5c4c3)c2)cc1. The molecule has 2 heterocycles. The Balaban J connectivity index is 1.17. The Kier molecular flexibility index (Phi) is 5.81. The number of anilines is 3. The molecule has 0 saturated carbocycles. The van der Waals surface area contributed by atoms with Gasteiger partial charge < -0.3 is 15.0 Å². The summed E-state index contributed by atoms with van der Waals surface area (Å²) in [6, 6.07) is 56.7. The van der Waals surface area contributed by atoms with Crippen molar-refractivity contribution in [1.29, 1.82) is 0 Å². The van der Waals surface area contributed by atoms with E-state index in [4.69, 9.17) is 4.74 Å². The second-order valence-corrected chi connectivity index (χ2v) is 13.3. The van der Waals surface area contributed by atoms with Gasteiger partial charge in [-0.1, -0.05) is 109 Å². The number of thiophene rings is 1. The predicted octanol–water partition coefficient (Wildman–Crippen LogP) is 11.8.